The molecule has 0 bridgehead atoms. The SMILES string of the molecule is [C-]#[N+]c1c(N)nc(OCc2cccc(C(=O)O)c2)c(C#N)c1-c1ccc(OC2CCOC2)cc1. The molecule has 0 spiro atoms. The Morgan fingerprint density at radius 1 is 1.32 bits per heavy atom. The fraction of sp³-hybridized carbons (Fsp3) is 0.200. The van der Waals surface area contributed by atoms with Gasteiger partial charge in [0, 0.05) is 12.0 Å². The molecule has 1 saturated heterocycles. The van der Waals surface area contributed by atoms with Crippen molar-refractivity contribution in [2.75, 3.05) is 18.9 Å². The van der Waals surface area contributed by atoms with Gasteiger partial charge in [0.15, 0.2) is 0 Å². The van der Waals surface area contributed by atoms with E-state index < -0.39 is 5.97 Å². The molecule has 3 aromatic rings. The molecular weight excluding hydrogens is 436 g/mol. The Hall–Kier alpha value is -4.60. The highest BCUT2D eigenvalue weighted by Crippen LogP contribution is 2.41. The average Bonchev–Trinajstić information content (AvgIpc) is 3.36. The maximum atomic E-state index is 11.2. The lowest BCUT2D eigenvalue weighted by atomic mass is 9.99. The molecule has 170 valence electrons. The van der Waals surface area contributed by atoms with Crippen molar-refractivity contribution in [3.05, 3.63) is 76.6 Å². The van der Waals surface area contributed by atoms with Crippen LogP contribution in [-0.4, -0.2) is 35.4 Å². The van der Waals surface area contributed by atoms with Gasteiger partial charge in [0.1, 0.15) is 35.9 Å². The van der Waals surface area contributed by atoms with Gasteiger partial charge in [-0.2, -0.15) is 5.26 Å². The number of pyridine rings is 1. The van der Waals surface area contributed by atoms with E-state index in [2.05, 4.69) is 15.9 Å². The summed E-state index contributed by atoms with van der Waals surface area (Å²) in [5.41, 5.74) is 7.75. The van der Waals surface area contributed by atoms with Gasteiger partial charge in [0.2, 0.25) is 11.6 Å². The van der Waals surface area contributed by atoms with Crippen LogP contribution in [0.3, 0.4) is 0 Å². The molecule has 1 unspecified atom stereocenters. The predicted molar refractivity (Wildman–Crippen MR) is 123 cm³/mol. The first-order valence-electron chi connectivity index (χ1n) is 10.4. The summed E-state index contributed by atoms with van der Waals surface area (Å²) in [6.07, 6.45) is 0.814. The number of aromatic carboxylic acids is 1. The molecule has 34 heavy (non-hydrogen) atoms. The summed E-state index contributed by atoms with van der Waals surface area (Å²) in [7, 11) is 0. The zero-order valence-electron chi connectivity index (χ0n) is 18.0. The van der Waals surface area contributed by atoms with Crippen LogP contribution in [0.15, 0.2) is 48.5 Å². The molecular formula is C25H20N4O5. The van der Waals surface area contributed by atoms with Crippen molar-refractivity contribution in [3.8, 4) is 28.8 Å². The number of nitriles is 1. The van der Waals surface area contributed by atoms with Crippen LogP contribution in [-0.2, 0) is 11.3 Å². The first-order valence-corrected chi connectivity index (χ1v) is 10.4. The van der Waals surface area contributed by atoms with Crippen molar-refractivity contribution < 1.29 is 24.1 Å². The summed E-state index contributed by atoms with van der Waals surface area (Å²) in [6.45, 7) is 8.75. The average molecular weight is 456 g/mol. The second-order valence-electron chi connectivity index (χ2n) is 7.55. The molecule has 3 N–H and O–H groups in total. The highest BCUT2D eigenvalue weighted by atomic mass is 16.5. The third kappa shape index (κ3) is 4.75. The lowest BCUT2D eigenvalue weighted by molar-refractivity contribution is 0.0696. The van der Waals surface area contributed by atoms with Gasteiger partial charge in [-0.25, -0.2) is 14.6 Å². The molecule has 0 radical (unpaired) electrons. The van der Waals surface area contributed by atoms with Crippen molar-refractivity contribution in [1.29, 1.82) is 5.26 Å². The fourth-order valence-electron chi connectivity index (χ4n) is 3.62. The third-order valence-corrected chi connectivity index (χ3v) is 5.27. The van der Waals surface area contributed by atoms with E-state index in [1.165, 1.54) is 12.1 Å². The van der Waals surface area contributed by atoms with Crippen molar-refractivity contribution in [2.24, 2.45) is 0 Å². The number of aromatic nitrogens is 1. The summed E-state index contributed by atoms with van der Waals surface area (Å²) in [5, 5.41) is 19.1. The van der Waals surface area contributed by atoms with Crippen LogP contribution in [0, 0.1) is 17.9 Å². The van der Waals surface area contributed by atoms with Crippen LogP contribution in [0.5, 0.6) is 11.6 Å². The summed E-state index contributed by atoms with van der Waals surface area (Å²) in [4.78, 5) is 18.8. The van der Waals surface area contributed by atoms with Crippen molar-refractivity contribution in [1.82, 2.24) is 4.98 Å². The zero-order chi connectivity index (χ0) is 24.1. The molecule has 1 fully saturated rings. The van der Waals surface area contributed by atoms with Crippen LogP contribution < -0.4 is 15.2 Å². The molecule has 1 atom stereocenters. The highest BCUT2D eigenvalue weighted by molar-refractivity contribution is 5.90. The lowest BCUT2D eigenvalue weighted by Gasteiger charge is -2.15. The van der Waals surface area contributed by atoms with Gasteiger partial charge < -0.3 is 25.1 Å². The molecule has 0 amide bonds. The topological polar surface area (TPSA) is 132 Å². The number of benzene rings is 2. The van der Waals surface area contributed by atoms with Crippen molar-refractivity contribution in [2.45, 2.75) is 19.1 Å². The Morgan fingerprint density at radius 2 is 2.12 bits per heavy atom. The minimum atomic E-state index is -1.06. The Bertz CT molecular complexity index is 1300. The number of carbonyl (C=O) groups is 1. The minimum absolute atomic E-state index is 0.00414. The van der Waals surface area contributed by atoms with E-state index in [1.807, 2.05) is 0 Å². The first kappa shape index (κ1) is 22.6. The van der Waals surface area contributed by atoms with Crippen molar-refractivity contribution >= 4 is 17.5 Å². The number of anilines is 1. The van der Waals surface area contributed by atoms with Crippen LogP contribution in [0.1, 0.15) is 27.9 Å². The highest BCUT2D eigenvalue weighted by Gasteiger charge is 2.22. The third-order valence-electron chi connectivity index (χ3n) is 5.27. The molecule has 0 saturated carbocycles. The molecule has 9 heteroatoms. The van der Waals surface area contributed by atoms with Gasteiger partial charge in [-0.15, -0.1) is 0 Å². The molecule has 2 heterocycles. The van der Waals surface area contributed by atoms with E-state index in [1.54, 1.807) is 36.4 Å². The fourth-order valence-corrected chi connectivity index (χ4v) is 3.62. The van der Waals surface area contributed by atoms with E-state index in [9.17, 15) is 15.2 Å². The smallest absolute Gasteiger partial charge is 0.335 e. The largest absolute Gasteiger partial charge is 0.488 e. The minimum Gasteiger partial charge on any atom is -0.488 e. The Balaban J connectivity index is 1.66. The summed E-state index contributed by atoms with van der Waals surface area (Å²) in [6, 6.07) is 15.3. The molecule has 1 aliphatic rings. The number of nitrogens with zero attached hydrogens (tertiary/aromatic N) is 3. The van der Waals surface area contributed by atoms with Gasteiger partial charge in [-0.05, 0) is 35.4 Å². The van der Waals surface area contributed by atoms with Crippen LogP contribution in [0.4, 0.5) is 11.5 Å². The van der Waals surface area contributed by atoms with Gasteiger partial charge in [0.25, 0.3) is 0 Å². The van der Waals surface area contributed by atoms with Crippen molar-refractivity contribution in [3.63, 3.8) is 0 Å². The Morgan fingerprint density at radius 3 is 2.76 bits per heavy atom. The first-order chi connectivity index (χ1) is 16.5. The number of carboxylic acid groups (broad SMARTS) is 1. The molecule has 2 aromatic carbocycles. The summed E-state index contributed by atoms with van der Waals surface area (Å²) >= 11 is 0. The van der Waals surface area contributed by atoms with Crippen LogP contribution >= 0.6 is 0 Å². The molecule has 1 aromatic heterocycles. The number of nitrogen functional groups attached to an aromatic ring is 1. The summed E-state index contributed by atoms with van der Waals surface area (Å²) in [5.74, 6) is -0.509. The quantitative estimate of drug-likeness (QED) is 0.506. The van der Waals surface area contributed by atoms with Crippen LogP contribution in [0.2, 0.25) is 0 Å². The number of ether oxygens (including phenoxy) is 3. The number of hydrogen-bond donors (Lipinski definition) is 2. The number of hydrogen-bond acceptors (Lipinski definition) is 7. The Kier molecular flexibility index (Phi) is 6.58. The van der Waals surface area contributed by atoms with Gasteiger partial charge in [-0.1, -0.05) is 24.3 Å². The maximum Gasteiger partial charge on any atom is 0.335 e. The zero-order valence-corrected chi connectivity index (χ0v) is 18.0. The maximum absolute atomic E-state index is 11.2. The molecule has 1 aliphatic heterocycles. The van der Waals surface area contributed by atoms with Gasteiger partial charge in [-0.3, -0.25) is 0 Å². The van der Waals surface area contributed by atoms with Crippen LogP contribution in [0.25, 0.3) is 16.0 Å². The van der Waals surface area contributed by atoms with E-state index >= 15 is 0 Å². The molecule has 9 nitrogen and oxygen atoms in total. The van der Waals surface area contributed by atoms with E-state index in [0.717, 1.165) is 6.42 Å². The van der Waals surface area contributed by atoms with Gasteiger partial charge >= 0.3 is 5.97 Å². The second kappa shape index (κ2) is 9.90. The van der Waals surface area contributed by atoms with E-state index in [0.29, 0.717) is 35.7 Å². The predicted octanol–water partition coefficient (Wildman–Crippen LogP) is 4.20. The van der Waals surface area contributed by atoms with E-state index in [-0.39, 0.29) is 41.2 Å². The molecule has 4 rings (SSSR count). The van der Waals surface area contributed by atoms with E-state index in [4.69, 9.17) is 26.5 Å². The number of nitrogens with two attached hydrogens (primary N) is 1. The number of carboxylic acids is 1. The number of rotatable bonds is 7. The normalized spacial score (nSPS) is 14.7. The second-order valence-corrected chi connectivity index (χ2v) is 7.55. The molecule has 0 aliphatic carbocycles. The standard InChI is InChI=1S/C25H20N4O5/c1-28-22-21(16-5-7-18(8-6-16)34-19-9-10-32-14-19)20(12-26)24(29-23(22)27)33-13-15-3-2-4-17(11-15)25(30)31/h2-8,11,19H,9-10,13-14H2,(H2,27,29)(H,30,31). The lowest BCUT2D eigenvalue weighted by Crippen LogP contribution is -2.15. The van der Waals surface area contributed by atoms with Gasteiger partial charge in [0.05, 0.1) is 25.3 Å². The Labute approximate surface area is 195 Å². The monoisotopic (exact) mass is 456 g/mol. The summed E-state index contributed by atoms with van der Waals surface area (Å²) < 4.78 is 17.0.